The summed E-state index contributed by atoms with van der Waals surface area (Å²) in [6, 6.07) is 15.6. The summed E-state index contributed by atoms with van der Waals surface area (Å²) >= 11 is 3.47. The summed E-state index contributed by atoms with van der Waals surface area (Å²) in [4.78, 5) is 4.60. The van der Waals surface area contributed by atoms with Crippen molar-refractivity contribution >= 4 is 27.3 Å². The molecule has 0 fully saturated rings. The van der Waals surface area contributed by atoms with Crippen LogP contribution in [0.4, 0.5) is 5.69 Å². The summed E-state index contributed by atoms with van der Waals surface area (Å²) in [5.74, 6) is 0.150. The van der Waals surface area contributed by atoms with E-state index in [0.29, 0.717) is 17.8 Å². The molecule has 0 spiro atoms. The van der Waals surface area contributed by atoms with Crippen molar-refractivity contribution in [3.8, 4) is 17.0 Å². The minimum atomic E-state index is 0.150. The minimum absolute atomic E-state index is 0.150. The zero-order valence-electron chi connectivity index (χ0n) is 11.5. The molecule has 0 aliphatic carbocycles. The summed E-state index contributed by atoms with van der Waals surface area (Å²) in [5, 5.41) is 17.7. The fraction of sp³-hybridized carbons (Fsp3) is 0.0588. The van der Waals surface area contributed by atoms with Crippen LogP contribution in [0.2, 0.25) is 0 Å². The molecule has 2 heterocycles. The van der Waals surface area contributed by atoms with Crippen LogP contribution in [-0.4, -0.2) is 21.0 Å². The second-order valence-electron chi connectivity index (χ2n) is 5.17. The molecule has 22 heavy (non-hydrogen) atoms. The Hall–Kier alpha value is -2.40. The number of halogens is 1. The van der Waals surface area contributed by atoms with Crippen molar-refractivity contribution in [1.29, 1.82) is 0 Å². The van der Waals surface area contributed by atoms with Gasteiger partial charge >= 0.3 is 0 Å². The molecule has 0 saturated heterocycles. The van der Waals surface area contributed by atoms with Crippen molar-refractivity contribution < 1.29 is 5.11 Å². The van der Waals surface area contributed by atoms with Crippen molar-refractivity contribution in [3.05, 3.63) is 64.3 Å². The molecular weight excluding hydrogens is 342 g/mol. The van der Waals surface area contributed by atoms with Crippen molar-refractivity contribution in [2.24, 2.45) is 4.99 Å². The predicted molar refractivity (Wildman–Crippen MR) is 89.7 cm³/mol. The molecule has 0 unspecified atom stereocenters. The number of aromatic amines is 1. The van der Waals surface area contributed by atoms with Gasteiger partial charge in [0.15, 0.2) is 5.75 Å². The molecule has 1 aliphatic heterocycles. The monoisotopic (exact) mass is 353 g/mol. The topological polar surface area (TPSA) is 61.3 Å². The second kappa shape index (κ2) is 5.10. The van der Waals surface area contributed by atoms with Crippen LogP contribution in [0.3, 0.4) is 0 Å². The molecule has 0 bridgehead atoms. The van der Waals surface area contributed by atoms with Crippen molar-refractivity contribution in [1.82, 2.24) is 10.2 Å². The van der Waals surface area contributed by atoms with Gasteiger partial charge < -0.3 is 5.11 Å². The predicted octanol–water partition coefficient (Wildman–Crippen LogP) is 4.22. The zero-order chi connectivity index (χ0) is 15.1. The fourth-order valence-electron chi connectivity index (χ4n) is 2.65. The number of fused-ring (bicyclic) bond motifs is 1. The number of nitrogens with zero attached hydrogens (tertiary/aromatic N) is 2. The third kappa shape index (κ3) is 2.14. The molecule has 2 N–H and O–H groups in total. The van der Waals surface area contributed by atoms with Crippen LogP contribution in [0, 0.1) is 0 Å². The van der Waals surface area contributed by atoms with Crippen LogP contribution >= 0.6 is 15.9 Å². The molecular formula is C17H12BrN3O. The summed E-state index contributed by atoms with van der Waals surface area (Å²) in [7, 11) is 0. The highest BCUT2D eigenvalue weighted by Gasteiger charge is 2.23. The largest absolute Gasteiger partial charge is 0.504 e. The summed E-state index contributed by atoms with van der Waals surface area (Å²) in [6.45, 7) is 0. The average Bonchev–Trinajstić information content (AvgIpc) is 3.10. The number of aromatic hydroxyl groups is 1. The zero-order valence-corrected chi connectivity index (χ0v) is 13.1. The summed E-state index contributed by atoms with van der Waals surface area (Å²) in [6.07, 6.45) is 0.679. The Morgan fingerprint density at radius 1 is 1.09 bits per heavy atom. The van der Waals surface area contributed by atoms with Gasteiger partial charge in [0.05, 0.1) is 11.4 Å². The average molecular weight is 354 g/mol. The van der Waals surface area contributed by atoms with Crippen molar-refractivity contribution in [3.63, 3.8) is 0 Å². The molecule has 4 rings (SSSR count). The molecule has 1 aliphatic rings. The maximum atomic E-state index is 10.5. The first-order valence-corrected chi connectivity index (χ1v) is 7.71. The van der Waals surface area contributed by atoms with E-state index in [2.05, 4.69) is 37.2 Å². The van der Waals surface area contributed by atoms with Crippen LogP contribution in [0.5, 0.6) is 5.75 Å². The number of H-pyrrole nitrogens is 1. The van der Waals surface area contributed by atoms with E-state index in [1.165, 1.54) is 0 Å². The summed E-state index contributed by atoms with van der Waals surface area (Å²) < 4.78 is 1.03. The number of aliphatic imine (C=N–C) groups is 1. The molecule has 3 aromatic rings. The van der Waals surface area contributed by atoms with Crippen molar-refractivity contribution in [2.45, 2.75) is 6.42 Å². The Bertz CT molecular complexity index is 884. The van der Waals surface area contributed by atoms with E-state index < -0.39 is 0 Å². The number of rotatable bonds is 2. The fourth-order valence-corrected chi connectivity index (χ4v) is 3.06. The smallest absolute Gasteiger partial charge is 0.170 e. The van der Waals surface area contributed by atoms with Gasteiger partial charge in [0, 0.05) is 16.5 Å². The SMILES string of the molecule is Oc1c(-c2ccccc2)n[nH]c1C1=Nc2ccc(Br)cc2C1. The Kier molecular flexibility index (Phi) is 3.08. The molecule has 0 atom stereocenters. The number of nitrogens with one attached hydrogen (secondary N) is 1. The molecule has 0 saturated carbocycles. The maximum Gasteiger partial charge on any atom is 0.170 e. The van der Waals surface area contributed by atoms with E-state index in [1.807, 2.05) is 42.5 Å². The highest BCUT2D eigenvalue weighted by atomic mass is 79.9. The number of hydrogen-bond donors (Lipinski definition) is 2. The lowest BCUT2D eigenvalue weighted by Crippen LogP contribution is -2.01. The standard InChI is InChI=1S/C17H12BrN3O/c18-12-6-7-13-11(8-12)9-14(19-13)16-17(22)15(20-21-16)10-4-2-1-3-5-10/h1-8,22H,9H2,(H,20,21). The van der Waals surface area contributed by atoms with Gasteiger partial charge in [-0.25, -0.2) is 0 Å². The molecule has 2 aromatic carbocycles. The van der Waals surface area contributed by atoms with Gasteiger partial charge in [-0.05, 0) is 23.8 Å². The van der Waals surface area contributed by atoms with Gasteiger partial charge in [-0.3, -0.25) is 10.1 Å². The van der Waals surface area contributed by atoms with Crippen LogP contribution in [0.25, 0.3) is 11.3 Å². The Morgan fingerprint density at radius 3 is 2.73 bits per heavy atom. The molecule has 4 nitrogen and oxygen atoms in total. The second-order valence-corrected chi connectivity index (χ2v) is 6.09. The normalized spacial score (nSPS) is 13.0. The first-order chi connectivity index (χ1) is 10.7. The number of hydrogen-bond acceptors (Lipinski definition) is 3. The first kappa shape index (κ1) is 13.3. The van der Waals surface area contributed by atoms with Crippen LogP contribution in [0.1, 0.15) is 11.3 Å². The lowest BCUT2D eigenvalue weighted by atomic mass is 10.1. The highest BCUT2D eigenvalue weighted by Crippen LogP contribution is 2.35. The van der Waals surface area contributed by atoms with Gasteiger partial charge in [0.2, 0.25) is 0 Å². The van der Waals surface area contributed by atoms with E-state index in [1.54, 1.807) is 0 Å². The van der Waals surface area contributed by atoms with Crippen LogP contribution in [0.15, 0.2) is 58.0 Å². The van der Waals surface area contributed by atoms with Gasteiger partial charge in [-0.15, -0.1) is 0 Å². The molecule has 5 heteroatoms. The van der Waals surface area contributed by atoms with Gasteiger partial charge in [0.25, 0.3) is 0 Å². The highest BCUT2D eigenvalue weighted by molar-refractivity contribution is 9.10. The van der Waals surface area contributed by atoms with E-state index in [0.717, 1.165) is 27.0 Å². The Labute approximate surface area is 135 Å². The van der Waals surface area contributed by atoms with Gasteiger partial charge in [0.1, 0.15) is 11.4 Å². The number of benzene rings is 2. The molecule has 108 valence electrons. The van der Waals surface area contributed by atoms with Crippen molar-refractivity contribution in [2.75, 3.05) is 0 Å². The Morgan fingerprint density at radius 2 is 1.91 bits per heavy atom. The van der Waals surface area contributed by atoms with Gasteiger partial charge in [-0.2, -0.15) is 5.10 Å². The Balaban J connectivity index is 1.73. The maximum absolute atomic E-state index is 10.5. The lowest BCUT2D eigenvalue weighted by Gasteiger charge is -1.99. The van der Waals surface area contributed by atoms with Crippen LogP contribution < -0.4 is 0 Å². The molecule has 0 radical (unpaired) electrons. The molecule has 0 amide bonds. The number of aromatic nitrogens is 2. The van der Waals surface area contributed by atoms with E-state index >= 15 is 0 Å². The van der Waals surface area contributed by atoms with E-state index in [-0.39, 0.29) is 5.75 Å². The van der Waals surface area contributed by atoms with Crippen LogP contribution in [-0.2, 0) is 6.42 Å². The summed E-state index contributed by atoms with van der Waals surface area (Å²) in [5.41, 5.74) is 4.90. The molecule has 1 aromatic heterocycles. The first-order valence-electron chi connectivity index (χ1n) is 6.91. The third-order valence-corrected chi connectivity index (χ3v) is 4.22. The minimum Gasteiger partial charge on any atom is -0.504 e. The van der Waals surface area contributed by atoms with E-state index in [9.17, 15) is 5.11 Å². The quantitative estimate of drug-likeness (QED) is 0.724. The van der Waals surface area contributed by atoms with E-state index in [4.69, 9.17) is 0 Å². The third-order valence-electron chi connectivity index (χ3n) is 3.73. The lowest BCUT2D eigenvalue weighted by molar-refractivity contribution is 0.476. The van der Waals surface area contributed by atoms with Gasteiger partial charge in [-0.1, -0.05) is 46.3 Å².